The van der Waals surface area contributed by atoms with Crippen LogP contribution >= 0.6 is 0 Å². The predicted octanol–water partition coefficient (Wildman–Crippen LogP) is 1.77. The molecule has 0 saturated heterocycles. The van der Waals surface area contributed by atoms with E-state index in [2.05, 4.69) is 5.10 Å². The lowest BCUT2D eigenvalue weighted by Crippen LogP contribution is -2.23. The number of aliphatic hydroxyl groups is 1. The van der Waals surface area contributed by atoms with E-state index in [1.54, 1.807) is 6.20 Å². The van der Waals surface area contributed by atoms with Gasteiger partial charge >= 0.3 is 0 Å². The summed E-state index contributed by atoms with van der Waals surface area (Å²) in [7, 11) is 1.93. The monoisotopic (exact) mass is 257 g/mol. The molecule has 1 atom stereocenters. The van der Waals surface area contributed by atoms with Gasteiger partial charge in [-0.2, -0.15) is 5.10 Å². The lowest BCUT2D eigenvalue weighted by molar-refractivity contribution is 0.0293. The van der Waals surface area contributed by atoms with Gasteiger partial charge in [-0.1, -0.05) is 6.07 Å². The van der Waals surface area contributed by atoms with E-state index in [4.69, 9.17) is 5.73 Å². The molecule has 100 valence electrons. The van der Waals surface area contributed by atoms with Crippen LogP contribution in [0.2, 0.25) is 0 Å². The van der Waals surface area contributed by atoms with Crippen LogP contribution in [0.4, 0.5) is 5.69 Å². The van der Waals surface area contributed by atoms with E-state index in [1.807, 2.05) is 36.0 Å². The van der Waals surface area contributed by atoms with Gasteiger partial charge in [-0.3, -0.25) is 4.68 Å². The lowest BCUT2D eigenvalue weighted by atomic mass is 9.90. The largest absolute Gasteiger partial charge is 0.399 e. The molecule has 4 nitrogen and oxygen atoms in total. The zero-order chi connectivity index (χ0) is 13.5. The number of anilines is 1. The maximum Gasteiger partial charge on any atom is 0.0906 e. The van der Waals surface area contributed by atoms with Gasteiger partial charge in [0.15, 0.2) is 0 Å². The first-order valence-corrected chi connectivity index (χ1v) is 6.67. The third-order valence-electron chi connectivity index (χ3n) is 4.16. The van der Waals surface area contributed by atoms with Gasteiger partial charge in [0.1, 0.15) is 0 Å². The maximum absolute atomic E-state index is 10.9. The minimum absolute atomic E-state index is 0.715. The van der Waals surface area contributed by atoms with E-state index in [1.165, 1.54) is 5.56 Å². The Morgan fingerprint density at radius 1 is 1.42 bits per heavy atom. The highest BCUT2D eigenvalue weighted by Gasteiger charge is 2.36. The molecule has 0 fully saturated rings. The molecular weight excluding hydrogens is 238 g/mol. The van der Waals surface area contributed by atoms with Crippen molar-refractivity contribution in [2.45, 2.75) is 31.3 Å². The summed E-state index contributed by atoms with van der Waals surface area (Å²) in [6, 6.07) is 7.83. The fourth-order valence-corrected chi connectivity index (χ4v) is 2.99. The van der Waals surface area contributed by atoms with E-state index in [0.717, 1.165) is 42.6 Å². The summed E-state index contributed by atoms with van der Waals surface area (Å²) in [5, 5.41) is 15.0. The molecule has 0 bridgehead atoms. The van der Waals surface area contributed by atoms with Gasteiger partial charge in [-0.05, 0) is 55.0 Å². The molecule has 0 saturated carbocycles. The summed E-state index contributed by atoms with van der Waals surface area (Å²) in [6.07, 6.45) is 5.04. The molecule has 1 aromatic heterocycles. The Morgan fingerprint density at radius 3 is 3.00 bits per heavy atom. The number of benzene rings is 1. The van der Waals surface area contributed by atoms with E-state index in [-0.39, 0.29) is 0 Å². The number of fused-ring (bicyclic) bond motifs is 1. The van der Waals surface area contributed by atoms with Crippen LogP contribution in [0.1, 0.15) is 29.7 Å². The molecule has 0 amide bonds. The fraction of sp³-hybridized carbons (Fsp3) is 0.400. The van der Waals surface area contributed by atoms with Crippen LogP contribution in [0.3, 0.4) is 0 Å². The van der Waals surface area contributed by atoms with Crippen molar-refractivity contribution in [1.29, 1.82) is 0 Å². The van der Waals surface area contributed by atoms with Gasteiger partial charge in [0, 0.05) is 24.6 Å². The van der Waals surface area contributed by atoms with E-state index < -0.39 is 5.60 Å². The number of hydrogen-bond acceptors (Lipinski definition) is 3. The number of nitrogens with two attached hydrogens (primary N) is 1. The zero-order valence-electron chi connectivity index (χ0n) is 11.1. The van der Waals surface area contributed by atoms with E-state index in [9.17, 15) is 5.11 Å². The average Bonchev–Trinajstić information content (AvgIpc) is 2.92. The van der Waals surface area contributed by atoms with Crippen molar-refractivity contribution >= 4 is 5.69 Å². The van der Waals surface area contributed by atoms with Gasteiger partial charge in [0.05, 0.1) is 5.60 Å². The van der Waals surface area contributed by atoms with Crippen LogP contribution in [0.15, 0.2) is 30.5 Å². The van der Waals surface area contributed by atoms with Crippen molar-refractivity contribution in [3.05, 3.63) is 47.3 Å². The molecule has 1 aromatic carbocycles. The molecule has 1 aliphatic carbocycles. The van der Waals surface area contributed by atoms with E-state index >= 15 is 0 Å². The van der Waals surface area contributed by atoms with Crippen molar-refractivity contribution in [3.8, 4) is 0 Å². The number of hydrogen-bond donors (Lipinski definition) is 2. The quantitative estimate of drug-likeness (QED) is 0.824. The minimum atomic E-state index is -0.715. The van der Waals surface area contributed by atoms with Crippen LogP contribution < -0.4 is 5.73 Å². The first kappa shape index (κ1) is 12.2. The van der Waals surface area contributed by atoms with Crippen LogP contribution in [0.25, 0.3) is 0 Å². The molecule has 4 heteroatoms. The predicted molar refractivity (Wildman–Crippen MR) is 74.6 cm³/mol. The SMILES string of the molecule is Cn1nccc1CCC1(O)CCc2cc(N)ccc21. The van der Waals surface area contributed by atoms with Crippen LogP contribution in [0, 0.1) is 0 Å². The van der Waals surface area contributed by atoms with Crippen molar-refractivity contribution < 1.29 is 5.11 Å². The standard InChI is InChI=1S/C15H19N3O/c1-18-13(6-9-17-18)5-8-15(19)7-4-11-10-12(16)2-3-14(11)15/h2-3,6,9-10,19H,4-5,7-8,16H2,1H3. The smallest absolute Gasteiger partial charge is 0.0906 e. The van der Waals surface area contributed by atoms with Gasteiger partial charge in [-0.15, -0.1) is 0 Å². The zero-order valence-corrected chi connectivity index (χ0v) is 11.1. The summed E-state index contributed by atoms with van der Waals surface area (Å²) in [5.41, 5.74) is 9.24. The molecule has 1 heterocycles. The Bertz CT molecular complexity index is 605. The molecular formula is C15H19N3O. The van der Waals surface area contributed by atoms with Gasteiger partial charge in [0.2, 0.25) is 0 Å². The second-order valence-corrected chi connectivity index (χ2v) is 5.39. The molecule has 1 unspecified atom stereocenters. The second kappa shape index (κ2) is 4.38. The Kier molecular flexibility index (Phi) is 2.82. The van der Waals surface area contributed by atoms with E-state index in [0.29, 0.717) is 0 Å². The number of aromatic nitrogens is 2. The Labute approximate surface area is 112 Å². The molecule has 0 aliphatic heterocycles. The lowest BCUT2D eigenvalue weighted by Gasteiger charge is -2.24. The number of nitrogen functional groups attached to an aromatic ring is 1. The second-order valence-electron chi connectivity index (χ2n) is 5.39. The van der Waals surface area contributed by atoms with Crippen LogP contribution in [-0.4, -0.2) is 14.9 Å². The molecule has 1 aliphatic rings. The normalized spacial score (nSPS) is 21.6. The van der Waals surface area contributed by atoms with Gasteiger partial charge < -0.3 is 10.8 Å². The average molecular weight is 257 g/mol. The molecule has 3 N–H and O–H groups in total. The maximum atomic E-state index is 10.9. The van der Waals surface area contributed by atoms with Crippen molar-refractivity contribution in [2.75, 3.05) is 5.73 Å². The van der Waals surface area contributed by atoms with Crippen molar-refractivity contribution in [3.63, 3.8) is 0 Å². The van der Waals surface area contributed by atoms with Crippen molar-refractivity contribution in [2.24, 2.45) is 7.05 Å². The summed E-state index contributed by atoms with van der Waals surface area (Å²) >= 11 is 0. The summed E-state index contributed by atoms with van der Waals surface area (Å²) in [6.45, 7) is 0. The molecule has 19 heavy (non-hydrogen) atoms. The van der Waals surface area contributed by atoms with Crippen LogP contribution in [-0.2, 0) is 25.5 Å². The molecule has 0 radical (unpaired) electrons. The number of aryl methyl sites for hydroxylation is 3. The third-order valence-corrected chi connectivity index (χ3v) is 4.16. The van der Waals surface area contributed by atoms with Crippen molar-refractivity contribution in [1.82, 2.24) is 9.78 Å². The number of rotatable bonds is 3. The highest BCUT2D eigenvalue weighted by atomic mass is 16.3. The van der Waals surface area contributed by atoms with Gasteiger partial charge in [0.25, 0.3) is 0 Å². The summed E-state index contributed by atoms with van der Waals surface area (Å²) in [4.78, 5) is 0. The number of nitrogens with zero attached hydrogens (tertiary/aromatic N) is 2. The first-order chi connectivity index (χ1) is 9.08. The first-order valence-electron chi connectivity index (χ1n) is 6.67. The highest BCUT2D eigenvalue weighted by molar-refractivity contribution is 5.49. The molecule has 3 rings (SSSR count). The summed E-state index contributed by atoms with van der Waals surface area (Å²) in [5.74, 6) is 0. The Morgan fingerprint density at radius 2 is 2.26 bits per heavy atom. The Balaban J connectivity index is 1.81. The minimum Gasteiger partial charge on any atom is -0.399 e. The summed E-state index contributed by atoms with van der Waals surface area (Å²) < 4.78 is 1.86. The third kappa shape index (κ3) is 2.12. The van der Waals surface area contributed by atoms with Crippen LogP contribution in [0.5, 0.6) is 0 Å². The molecule has 2 aromatic rings. The topological polar surface area (TPSA) is 64.1 Å². The van der Waals surface area contributed by atoms with Gasteiger partial charge in [-0.25, -0.2) is 0 Å². The highest BCUT2D eigenvalue weighted by Crippen LogP contribution is 2.40. The Hall–Kier alpha value is -1.81. The fourth-order valence-electron chi connectivity index (χ4n) is 2.99. The molecule has 0 spiro atoms.